The molecule has 20 heavy (non-hydrogen) atoms. The standard InChI is InChI=1S/C13H22N2O2S3/c1-13(2)4-5-15(6-7-19-13)20(16,17)12-8-11(9-14-3)10-18-12/h8,10,14H,4-7,9H2,1-3H3. The van der Waals surface area contributed by atoms with Gasteiger partial charge in [-0.2, -0.15) is 16.1 Å². The van der Waals surface area contributed by atoms with Crippen molar-refractivity contribution in [3.63, 3.8) is 0 Å². The van der Waals surface area contributed by atoms with Gasteiger partial charge in [-0.15, -0.1) is 11.3 Å². The second-order valence-electron chi connectivity index (χ2n) is 5.57. The lowest BCUT2D eigenvalue weighted by Gasteiger charge is -2.22. The number of rotatable bonds is 4. The van der Waals surface area contributed by atoms with Crippen LogP contribution >= 0.6 is 23.1 Å². The van der Waals surface area contributed by atoms with E-state index in [1.165, 1.54) is 11.3 Å². The molecule has 1 aliphatic rings. The maximum atomic E-state index is 12.7. The molecule has 1 aromatic rings. The van der Waals surface area contributed by atoms with Crippen LogP contribution in [0.15, 0.2) is 15.7 Å². The molecule has 0 radical (unpaired) electrons. The van der Waals surface area contributed by atoms with Gasteiger partial charge >= 0.3 is 0 Å². The van der Waals surface area contributed by atoms with E-state index in [2.05, 4.69) is 19.2 Å². The van der Waals surface area contributed by atoms with Crippen LogP contribution in [-0.2, 0) is 16.6 Å². The van der Waals surface area contributed by atoms with Crippen LogP contribution in [0.5, 0.6) is 0 Å². The van der Waals surface area contributed by atoms with E-state index in [9.17, 15) is 8.42 Å². The van der Waals surface area contributed by atoms with Gasteiger partial charge in [-0.25, -0.2) is 8.42 Å². The lowest BCUT2D eigenvalue weighted by molar-refractivity contribution is 0.416. The van der Waals surface area contributed by atoms with Crippen molar-refractivity contribution in [1.82, 2.24) is 9.62 Å². The Kier molecular flexibility index (Phi) is 5.18. The van der Waals surface area contributed by atoms with Gasteiger partial charge in [0.05, 0.1) is 0 Å². The molecule has 1 aromatic heterocycles. The van der Waals surface area contributed by atoms with Crippen LogP contribution in [0.4, 0.5) is 0 Å². The fraction of sp³-hybridized carbons (Fsp3) is 0.692. The van der Waals surface area contributed by atoms with E-state index in [4.69, 9.17) is 0 Å². The molecule has 2 heterocycles. The topological polar surface area (TPSA) is 49.4 Å². The molecule has 114 valence electrons. The number of nitrogens with zero attached hydrogens (tertiary/aromatic N) is 1. The molecule has 1 aliphatic heterocycles. The molecule has 0 spiro atoms. The van der Waals surface area contributed by atoms with Gasteiger partial charge in [0.25, 0.3) is 10.0 Å². The van der Waals surface area contributed by atoms with E-state index >= 15 is 0 Å². The maximum Gasteiger partial charge on any atom is 0.252 e. The van der Waals surface area contributed by atoms with E-state index in [1.54, 1.807) is 10.4 Å². The highest BCUT2D eigenvalue weighted by atomic mass is 32.2. The van der Waals surface area contributed by atoms with Crippen molar-refractivity contribution in [2.75, 3.05) is 25.9 Å². The average molecular weight is 335 g/mol. The van der Waals surface area contributed by atoms with Crippen molar-refractivity contribution in [1.29, 1.82) is 0 Å². The Morgan fingerprint density at radius 3 is 2.85 bits per heavy atom. The Hall–Kier alpha value is -0.0800. The Bertz CT molecular complexity index is 552. The molecule has 0 aliphatic carbocycles. The van der Waals surface area contributed by atoms with E-state index in [0.29, 0.717) is 23.8 Å². The van der Waals surface area contributed by atoms with E-state index in [1.807, 2.05) is 24.2 Å². The zero-order valence-corrected chi connectivity index (χ0v) is 14.6. The van der Waals surface area contributed by atoms with Crippen LogP contribution < -0.4 is 5.32 Å². The summed E-state index contributed by atoms with van der Waals surface area (Å²) in [5.74, 6) is 0.862. The molecule has 1 N–H and O–H groups in total. The molecule has 0 saturated carbocycles. The Balaban J connectivity index is 2.16. The highest BCUT2D eigenvalue weighted by Crippen LogP contribution is 2.33. The van der Waals surface area contributed by atoms with Crippen molar-refractivity contribution >= 4 is 33.1 Å². The lowest BCUT2D eigenvalue weighted by atomic mass is 10.1. The van der Waals surface area contributed by atoms with Crippen LogP contribution in [0, 0.1) is 0 Å². The number of thiophene rings is 1. The van der Waals surface area contributed by atoms with Gasteiger partial charge in [0.2, 0.25) is 0 Å². The smallest absolute Gasteiger partial charge is 0.252 e. The normalized spacial score (nSPS) is 20.8. The second kappa shape index (κ2) is 6.36. The summed E-state index contributed by atoms with van der Waals surface area (Å²) in [4.78, 5) is 0. The third-order valence-corrected chi connectivity index (χ3v) is 8.14. The monoisotopic (exact) mass is 334 g/mol. The zero-order chi connectivity index (χ0) is 14.8. The third-order valence-electron chi connectivity index (χ3n) is 3.40. The zero-order valence-electron chi connectivity index (χ0n) is 12.2. The van der Waals surface area contributed by atoms with Crippen molar-refractivity contribution in [2.24, 2.45) is 0 Å². The highest BCUT2D eigenvalue weighted by molar-refractivity contribution is 8.00. The number of hydrogen-bond acceptors (Lipinski definition) is 5. The quantitative estimate of drug-likeness (QED) is 0.918. The summed E-state index contributed by atoms with van der Waals surface area (Å²) in [6, 6.07) is 1.79. The Labute approximate surface area is 130 Å². The SMILES string of the molecule is CNCc1csc(S(=O)(=O)N2CCSC(C)(C)CC2)c1. The molecular formula is C13H22N2O2S3. The van der Waals surface area contributed by atoms with Gasteiger partial charge in [-0.05, 0) is 30.5 Å². The van der Waals surface area contributed by atoms with Crippen molar-refractivity contribution in [2.45, 2.75) is 35.8 Å². The lowest BCUT2D eigenvalue weighted by Crippen LogP contribution is -2.33. The molecule has 1 fully saturated rings. The first-order valence-electron chi connectivity index (χ1n) is 6.71. The first-order chi connectivity index (χ1) is 9.35. The fourth-order valence-electron chi connectivity index (χ4n) is 2.15. The molecule has 4 nitrogen and oxygen atoms in total. The summed E-state index contributed by atoms with van der Waals surface area (Å²) < 4.78 is 27.6. The van der Waals surface area contributed by atoms with Crippen molar-refractivity contribution in [3.8, 4) is 0 Å². The highest BCUT2D eigenvalue weighted by Gasteiger charge is 2.31. The van der Waals surface area contributed by atoms with Gasteiger partial charge in [0.15, 0.2) is 0 Å². The third kappa shape index (κ3) is 3.76. The molecule has 2 rings (SSSR count). The number of sulfonamides is 1. The minimum absolute atomic E-state index is 0.164. The van der Waals surface area contributed by atoms with E-state index < -0.39 is 10.0 Å². The molecule has 0 bridgehead atoms. The summed E-state index contributed by atoms with van der Waals surface area (Å²) >= 11 is 3.18. The Morgan fingerprint density at radius 1 is 1.40 bits per heavy atom. The summed E-state index contributed by atoms with van der Waals surface area (Å²) in [6.07, 6.45) is 0.894. The summed E-state index contributed by atoms with van der Waals surface area (Å²) in [6.45, 7) is 6.29. The minimum Gasteiger partial charge on any atom is -0.316 e. The molecule has 0 aromatic carbocycles. The number of nitrogens with one attached hydrogen (secondary N) is 1. The number of hydrogen-bond donors (Lipinski definition) is 1. The summed E-state index contributed by atoms with van der Waals surface area (Å²) in [7, 11) is -1.46. The molecule has 0 amide bonds. The van der Waals surface area contributed by atoms with Gasteiger partial charge in [0.1, 0.15) is 4.21 Å². The van der Waals surface area contributed by atoms with Crippen LogP contribution in [0.1, 0.15) is 25.8 Å². The Morgan fingerprint density at radius 2 is 2.15 bits per heavy atom. The van der Waals surface area contributed by atoms with Crippen LogP contribution in [0.25, 0.3) is 0 Å². The second-order valence-corrected chi connectivity index (χ2v) is 10.4. The maximum absolute atomic E-state index is 12.7. The van der Waals surface area contributed by atoms with Crippen LogP contribution in [0.2, 0.25) is 0 Å². The van der Waals surface area contributed by atoms with Gasteiger partial charge in [0, 0.05) is 30.1 Å². The molecular weight excluding hydrogens is 312 g/mol. The average Bonchev–Trinajstić information content (AvgIpc) is 2.75. The van der Waals surface area contributed by atoms with Crippen molar-refractivity contribution < 1.29 is 8.42 Å². The fourth-order valence-corrected chi connectivity index (χ4v) is 6.17. The van der Waals surface area contributed by atoms with Gasteiger partial charge < -0.3 is 5.32 Å². The molecule has 0 atom stereocenters. The first-order valence-corrected chi connectivity index (χ1v) is 10.0. The van der Waals surface area contributed by atoms with E-state index in [-0.39, 0.29) is 4.75 Å². The first kappa shape index (κ1) is 16.3. The minimum atomic E-state index is -3.32. The van der Waals surface area contributed by atoms with Crippen LogP contribution in [0.3, 0.4) is 0 Å². The van der Waals surface area contributed by atoms with E-state index in [0.717, 1.165) is 17.7 Å². The summed E-state index contributed by atoms with van der Waals surface area (Å²) in [5, 5.41) is 4.96. The summed E-state index contributed by atoms with van der Waals surface area (Å²) in [5.41, 5.74) is 1.03. The largest absolute Gasteiger partial charge is 0.316 e. The molecule has 0 unspecified atom stereocenters. The molecule has 7 heteroatoms. The van der Waals surface area contributed by atoms with Crippen molar-refractivity contribution in [3.05, 3.63) is 17.0 Å². The number of thioether (sulfide) groups is 1. The van der Waals surface area contributed by atoms with Gasteiger partial charge in [-0.1, -0.05) is 13.8 Å². The van der Waals surface area contributed by atoms with Crippen LogP contribution in [-0.4, -0.2) is 43.4 Å². The predicted octanol–water partition coefficient (Wildman–Crippen LogP) is 2.37. The van der Waals surface area contributed by atoms with Gasteiger partial charge in [-0.3, -0.25) is 0 Å². The molecule has 1 saturated heterocycles. The predicted molar refractivity (Wildman–Crippen MR) is 87.0 cm³/mol.